The fourth-order valence-corrected chi connectivity index (χ4v) is 1.31. The van der Waals surface area contributed by atoms with E-state index in [2.05, 4.69) is 15.9 Å². The first-order valence-corrected chi connectivity index (χ1v) is 4.76. The molecule has 16 heavy (non-hydrogen) atoms. The topological polar surface area (TPSA) is 35.0 Å². The molecule has 0 N–H and O–H groups in total. The van der Waals surface area contributed by atoms with Gasteiger partial charge in [-0.1, -0.05) is 0 Å². The summed E-state index contributed by atoms with van der Waals surface area (Å²) in [4.78, 5) is 8.32. The maximum atomic E-state index is 5.21. The molecule has 1 aromatic carbocycles. The molecule has 0 atom stereocenters. The van der Waals surface area contributed by atoms with Crippen molar-refractivity contribution in [2.75, 3.05) is 7.11 Å². The van der Waals surface area contributed by atoms with Gasteiger partial charge in [-0.3, -0.25) is 4.98 Å². The van der Waals surface area contributed by atoms with E-state index in [-0.39, 0.29) is 0 Å². The lowest BCUT2D eigenvalue weighted by atomic mass is 10.1. The van der Waals surface area contributed by atoms with E-state index in [0.717, 1.165) is 17.0 Å². The Morgan fingerprint density at radius 3 is 2.38 bits per heavy atom. The molecule has 0 radical (unpaired) electrons. The van der Waals surface area contributed by atoms with Crippen LogP contribution < -0.4 is 4.74 Å². The molecule has 0 spiro atoms. The average Bonchev–Trinajstić information content (AvgIpc) is 2.39. The lowest BCUT2D eigenvalue weighted by Crippen LogP contribution is -1.89. The number of rotatable bonds is 2. The number of terminal acetylenes is 1. The summed E-state index contributed by atoms with van der Waals surface area (Å²) in [5, 5.41) is 0. The van der Waals surface area contributed by atoms with Crippen LogP contribution in [0.2, 0.25) is 0 Å². The molecule has 3 nitrogen and oxygen atoms in total. The van der Waals surface area contributed by atoms with E-state index in [9.17, 15) is 0 Å². The van der Waals surface area contributed by atoms with Crippen LogP contribution in [0.25, 0.3) is 11.3 Å². The Morgan fingerprint density at radius 2 is 1.88 bits per heavy atom. The van der Waals surface area contributed by atoms with Crippen LogP contribution in [-0.2, 0) is 0 Å². The minimum Gasteiger partial charge on any atom is -0.497 e. The zero-order chi connectivity index (χ0) is 11.4. The Morgan fingerprint density at radius 1 is 1.12 bits per heavy atom. The third kappa shape index (κ3) is 2.01. The largest absolute Gasteiger partial charge is 0.497 e. The maximum Gasteiger partial charge on any atom is 0.131 e. The van der Waals surface area contributed by atoms with Gasteiger partial charge in [0.15, 0.2) is 0 Å². The summed E-state index contributed by atoms with van der Waals surface area (Å²) in [6.07, 6.45) is 8.45. The van der Waals surface area contributed by atoms with Crippen molar-refractivity contribution >= 4 is 0 Å². The van der Waals surface area contributed by atoms with Gasteiger partial charge in [0.25, 0.3) is 0 Å². The van der Waals surface area contributed by atoms with Crippen molar-refractivity contribution in [2.45, 2.75) is 0 Å². The quantitative estimate of drug-likeness (QED) is 0.712. The van der Waals surface area contributed by atoms with E-state index >= 15 is 0 Å². The molecule has 0 fully saturated rings. The van der Waals surface area contributed by atoms with Crippen LogP contribution in [0.1, 0.15) is 5.69 Å². The molecule has 3 heteroatoms. The van der Waals surface area contributed by atoms with Gasteiger partial charge >= 0.3 is 0 Å². The van der Waals surface area contributed by atoms with Gasteiger partial charge < -0.3 is 4.74 Å². The molecular formula is C13H10N2O. The van der Waals surface area contributed by atoms with Crippen molar-refractivity contribution < 1.29 is 4.74 Å². The van der Waals surface area contributed by atoms with Crippen molar-refractivity contribution in [3.8, 4) is 29.4 Å². The molecule has 0 aliphatic heterocycles. The molecule has 0 saturated heterocycles. The first kappa shape index (κ1) is 10.2. The van der Waals surface area contributed by atoms with Crippen molar-refractivity contribution in [2.24, 2.45) is 0 Å². The number of ether oxygens (including phenoxy) is 1. The van der Waals surface area contributed by atoms with Gasteiger partial charge in [0.05, 0.1) is 25.2 Å². The highest BCUT2D eigenvalue weighted by Gasteiger charge is 2.00. The van der Waals surface area contributed by atoms with Gasteiger partial charge in [-0.05, 0) is 30.2 Å². The monoisotopic (exact) mass is 210 g/mol. The number of hydrogen-bond donors (Lipinski definition) is 0. The molecule has 0 amide bonds. The number of benzene rings is 1. The second-order valence-electron chi connectivity index (χ2n) is 3.16. The fourth-order valence-electron chi connectivity index (χ4n) is 1.31. The minimum absolute atomic E-state index is 0.539. The van der Waals surface area contributed by atoms with E-state index in [4.69, 9.17) is 11.2 Å². The molecule has 0 saturated carbocycles. The average molecular weight is 210 g/mol. The van der Waals surface area contributed by atoms with Gasteiger partial charge in [-0.15, -0.1) is 6.42 Å². The summed E-state index contributed by atoms with van der Waals surface area (Å²) >= 11 is 0. The summed E-state index contributed by atoms with van der Waals surface area (Å²) in [6, 6.07) is 7.62. The third-order valence-corrected chi connectivity index (χ3v) is 2.19. The summed E-state index contributed by atoms with van der Waals surface area (Å²) in [5.41, 5.74) is 2.32. The predicted molar refractivity (Wildman–Crippen MR) is 62.0 cm³/mol. The Labute approximate surface area is 94.1 Å². The lowest BCUT2D eigenvalue weighted by Gasteiger charge is -2.02. The molecule has 78 valence electrons. The van der Waals surface area contributed by atoms with E-state index in [1.54, 1.807) is 19.5 Å². The Kier molecular flexibility index (Phi) is 2.84. The van der Waals surface area contributed by atoms with Gasteiger partial charge in [0.2, 0.25) is 0 Å². The normalized spacial score (nSPS) is 9.50. The zero-order valence-corrected chi connectivity index (χ0v) is 8.84. The summed E-state index contributed by atoms with van der Waals surface area (Å²) in [5.74, 6) is 3.25. The number of aromatic nitrogens is 2. The van der Waals surface area contributed by atoms with Crippen LogP contribution in [0, 0.1) is 12.3 Å². The van der Waals surface area contributed by atoms with Gasteiger partial charge in [0, 0.05) is 5.56 Å². The first-order chi connectivity index (χ1) is 7.83. The molecule has 0 aliphatic carbocycles. The van der Waals surface area contributed by atoms with Crippen molar-refractivity contribution in [1.82, 2.24) is 9.97 Å². The molecule has 2 rings (SSSR count). The number of methoxy groups -OCH3 is 1. The highest BCUT2D eigenvalue weighted by Crippen LogP contribution is 2.19. The highest BCUT2D eigenvalue weighted by atomic mass is 16.5. The van der Waals surface area contributed by atoms with Gasteiger partial charge in [-0.25, -0.2) is 4.98 Å². The summed E-state index contributed by atoms with van der Waals surface area (Å²) in [6.45, 7) is 0. The molecule has 2 aromatic rings. The second kappa shape index (κ2) is 4.45. The Bertz CT molecular complexity index is 509. The summed E-state index contributed by atoms with van der Waals surface area (Å²) < 4.78 is 5.08. The van der Waals surface area contributed by atoms with Crippen molar-refractivity contribution in [1.29, 1.82) is 0 Å². The van der Waals surface area contributed by atoms with Gasteiger partial charge in [-0.2, -0.15) is 0 Å². The van der Waals surface area contributed by atoms with Gasteiger partial charge in [0.1, 0.15) is 11.4 Å². The predicted octanol–water partition coefficient (Wildman–Crippen LogP) is 2.13. The minimum atomic E-state index is 0.539. The summed E-state index contributed by atoms with van der Waals surface area (Å²) in [7, 11) is 1.64. The molecule has 0 unspecified atom stereocenters. The fraction of sp³-hybridized carbons (Fsp3) is 0.0769. The van der Waals surface area contributed by atoms with E-state index in [1.807, 2.05) is 24.3 Å². The zero-order valence-electron chi connectivity index (χ0n) is 8.84. The number of hydrogen-bond acceptors (Lipinski definition) is 3. The van der Waals surface area contributed by atoms with Crippen LogP contribution in [0.15, 0.2) is 36.7 Å². The maximum absolute atomic E-state index is 5.21. The smallest absolute Gasteiger partial charge is 0.131 e. The standard InChI is InChI=1S/C13H10N2O/c1-3-11-8-15-13(9-14-11)10-4-6-12(16-2)7-5-10/h1,4-9H,2H3. The van der Waals surface area contributed by atoms with Crippen LogP contribution in [0.3, 0.4) is 0 Å². The SMILES string of the molecule is C#Cc1cnc(-c2ccc(OC)cc2)cn1. The van der Waals surface area contributed by atoms with Crippen LogP contribution in [-0.4, -0.2) is 17.1 Å². The molecular weight excluding hydrogens is 200 g/mol. The molecule has 1 aromatic heterocycles. The Balaban J connectivity index is 2.32. The lowest BCUT2D eigenvalue weighted by molar-refractivity contribution is 0.415. The van der Waals surface area contributed by atoms with E-state index in [0.29, 0.717) is 5.69 Å². The second-order valence-corrected chi connectivity index (χ2v) is 3.16. The van der Waals surface area contributed by atoms with Crippen LogP contribution >= 0.6 is 0 Å². The molecule has 0 bridgehead atoms. The van der Waals surface area contributed by atoms with Crippen molar-refractivity contribution in [3.63, 3.8) is 0 Å². The Hall–Kier alpha value is -2.34. The molecule has 0 aliphatic rings. The van der Waals surface area contributed by atoms with Crippen LogP contribution in [0.4, 0.5) is 0 Å². The van der Waals surface area contributed by atoms with E-state index < -0.39 is 0 Å². The van der Waals surface area contributed by atoms with Crippen LogP contribution in [0.5, 0.6) is 5.75 Å². The molecule has 1 heterocycles. The third-order valence-electron chi connectivity index (χ3n) is 2.19. The first-order valence-electron chi connectivity index (χ1n) is 4.76. The number of nitrogens with zero attached hydrogens (tertiary/aromatic N) is 2. The highest BCUT2D eigenvalue weighted by molar-refractivity contribution is 5.59. The van der Waals surface area contributed by atoms with E-state index in [1.165, 1.54) is 0 Å². The van der Waals surface area contributed by atoms with Crippen molar-refractivity contribution in [3.05, 3.63) is 42.4 Å².